The zero-order valence-electron chi connectivity index (χ0n) is 15.9. The van der Waals surface area contributed by atoms with Crippen LogP contribution < -0.4 is 9.46 Å². The quantitative estimate of drug-likeness (QED) is 0.566. The van der Waals surface area contributed by atoms with Crippen LogP contribution in [-0.2, 0) is 19.9 Å². The first-order chi connectivity index (χ1) is 13.7. The number of ether oxygens (including phenoxy) is 1. The number of aryl methyl sites for hydroxylation is 1. The number of sulfonamides is 1. The second-order valence-electron chi connectivity index (χ2n) is 6.39. The molecule has 0 aliphatic heterocycles. The van der Waals surface area contributed by atoms with E-state index in [1.54, 1.807) is 41.8 Å². The molecule has 1 atom stereocenters. The standard InChI is InChI=1S/C20H21NO5S3/c1-15-5-9-17(10-6-15)28(22,23)20(19-4-3-13-27-19)14-21-29(24,25)18-11-7-16(26-2)8-12-18/h3-13,20-21H,14H2,1-2H3. The molecule has 0 saturated carbocycles. The minimum Gasteiger partial charge on any atom is -0.497 e. The van der Waals surface area contributed by atoms with Crippen molar-refractivity contribution in [3.05, 3.63) is 76.5 Å². The van der Waals surface area contributed by atoms with Crippen molar-refractivity contribution in [2.45, 2.75) is 22.0 Å². The lowest BCUT2D eigenvalue weighted by molar-refractivity contribution is 0.414. The van der Waals surface area contributed by atoms with Crippen molar-refractivity contribution in [1.29, 1.82) is 0 Å². The summed E-state index contributed by atoms with van der Waals surface area (Å²) in [6.07, 6.45) is 0. The largest absolute Gasteiger partial charge is 0.497 e. The summed E-state index contributed by atoms with van der Waals surface area (Å²) in [5, 5.41) is 0.739. The van der Waals surface area contributed by atoms with Crippen LogP contribution in [0.15, 0.2) is 75.8 Å². The van der Waals surface area contributed by atoms with E-state index in [0.717, 1.165) is 5.56 Å². The third kappa shape index (κ3) is 4.87. The summed E-state index contributed by atoms with van der Waals surface area (Å²) in [5.74, 6) is 0.530. The number of hydrogen-bond acceptors (Lipinski definition) is 6. The van der Waals surface area contributed by atoms with Gasteiger partial charge in [0.15, 0.2) is 9.84 Å². The Kier molecular flexibility index (Phi) is 6.42. The molecule has 0 fully saturated rings. The van der Waals surface area contributed by atoms with Gasteiger partial charge in [0.2, 0.25) is 10.0 Å². The van der Waals surface area contributed by atoms with Crippen molar-refractivity contribution in [2.24, 2.45) is 0 Å². The second kappa shape index (κ2) is 8.66. The van der Waals surface area contributed by atoms with Crippen molar-refractivity contribution >= 4 is 31.2 Å². The maximum absolute atomic E-state index is 13.2. The highest BCUT2D eigenvalue weighted by Gasteiger charge is 2.31. The van der Waals surface area contributed by atoms with Gasteiger partial charge in [-0.25, -0.2) is 21.6 Å². The summed E-state index contributed by atoms with van der Waals surface area (Å²) in [4.78, 5) is 0.768. The molecule has 0 aliphatic rings. The molecule has 9 heteroatoms. The van der Waals surface area contributed by atoms with Crippen LogP contribution in [0.3, 0.4) is 0 Å². The van der Waals surface area contributed by atoms with E-state index in [4.69, 9.17) is 4.74 Å². The van der Waals surface area contributed by atoms with E-state index in [1.165, 1.54) is 42.7 Å². The number of rotatable bonds is 8. The summed E-state index contributed by atoms with van der Waals surface area (Å²) in [7, 11) is -6.19. The van der Waals surface area contributed by atoms with E-state index in [1.807, 2.05) is 6.92 Å². The highest BCUT2D eigenvalue weighted by Crippen LogP contribution is 2.32. The molecule has 154 valence electrons. The van der Waals surface area contributed by atoms with Gasteiger partial charge in [0.1, 0.15) is 11.0 Å². The third-order valence-electron chi connectivity index (χ3n) is 4.41. The summed E-state index contributed by atoms with van der Waals surface area (Å²) >= 11 is 1.28. The van der Waals surface area contributed by atoms with Gasteiger partial charge in [-0.05, 0) is 54.8 Å². The summed E-state index contributed by atoms with van der Waals surface area (Å²) < 4.78 is 59.3. The molecular weight excluding hydrogens is 430 g/mol. The number of methoxy groups -OCH3 is 1. The second-order valence-corrected chi connectivity index (χ2v) is 11.3. The van der Waals surface area contributed by atoms with Gasteiger partial charge in [-0.15, -0.1) is 11.3 Å². The lowest BCUT2D eigenvalue weighted by Crippen LogP contribution is -2.31. The van der Waals surface area contributed by atoms with Crippen LogP contribution in [0.2, 0.25) is 0 Å². The van der Waals surface area contributed by atoms with Gasteiger partial charge in [0.05, 0.1) is 16.9 Å². The summed E-state index contributed by atoms with van der Waals surface area (Å²) in [6.45, 7) is 1.60. The predicted octanol–water partition coefficient (Wildman–Crippen LogP) is 3.56. The van der Waals surface area contributed by atoms with Crippen LogP contribution in [0.25, 0.3) is 0 Å². The maximum Gasteiger partial charge on any atom is 0.240 e. The number of benzene rings is 2. The lowest BCUT2D eigenvalue weighted by Gasteiger charge is -2.18. The molecule has 0 saturated heterocycles. The fourth-order valence-corrected chi connectivity index (χ4v) is 6.69. The zero-order valence-corrected chi connectivity index (χ0v) is 18.4. The Morgan fingerprint density at radius 2 is 1.55 bits per heavy atom. The van der Waals surface area contributed by atoms with E-state index in [2.05, 4.69) is 4.72 Å². The van der Waals surface area contributed by atoms with Gasteiger partial charge < -0.3 is 4.74 Å². The average Bonchev–Trinajstić information content (AvgIpc) is 3.22. The van der Waals surface area contributed by atoms with E-state index in [-0.39, 0.29) is 16.3 Å². The first kappa shape index (κ1) is 21.5. The number of sulfone groups is 1. The van der Waals surface area contributed by atoms with Crippen LogP contribution >= 0.6 is 11.3 Å². The Morgan fingerprint density at radius 3 is 2.10 bits per heavy atom. The molecule has 2 aromatic carbocycles. The van der Waals surface area contributed by atoms with Gasteiger partial charge in [0.25, 0.3) is 0 Å². The lowest BCUT2D eigenvalue weighted by atomic mass is 10.2. The molecule has 29 heavy (non-hydrogen) atoms. The van der Waals surface area contributed by atoms with Gasteiger partial charge in [0, 0.05) is 11.4 Å². The number of thiophene rings is 1. The fourth-order valence-electron chi connectivity index (χ4n) is 2.75. The molecule has 0 bridgehead atoms. The SMILES string of the molecule is COc1ccc(S(=O)(=O)NCC(c2cccs2)S(=O)(=O)c2ccc(C)cc2)cc1. The highest BCUT2D eigenvalue weighted by molar-refractivity contribution is 7.92. The number of hydrogen-bond donors (Lipinski definition) is 1. The third-order valence-corrected chi connectivity index (χ3v) is 9.09. The van der Waals surface area contributed by atoms with Crippen molar-refractivity contribution < 1.29 is 21.6 Å². The minimum absolute atomic E-state index is 0.0379. The van der Waals surface area contributed by atoms with Crippen LogP contribution in [-0.4, -0.2) is 30.5 Å². The van der Waals surface area contributed by atoms with Crippen molar-refractivity contribution in [2.75, 3.05) is 13.7 Å². The Hall–Kier alpha value is -2.20. The zero-order chi connectivity index (χ0) is 21.1. The van der Waals surface area contributed by atoms with Crippen LogP contribution in [0.4, 0.5) is 0 Å². The first-order valence-electron chi connectivity index (χ1n) is 8.72. The topological polar surface area (TPSA) is 89.5 Å². The Bertz CT molecular complexity index is 1150. The van der Waals surface area contributed by atoms with Gasteiger partial charge in [-0.1, -0.05) is 23.8 Å². The summed E-state index contributed by atoms with van der Waals surface area (Å²) in [6, 6.07) is 15.9. The Morgan fingerprint density at radius 1 is 0.931 bits per heavy atom. The Balaban J connectivity index is 1.89. The van der Waals surface area contributed by atoms with E-state index in [0.29, 0.717) is 10.6 Å². The van der Waals surface area contributed by atoms with Gasteiger partial charge in [-0.2, -0.15) is 0 Å². The maximum atomic E-state index is 13.2. The molecule has 1 aromatic heterocycles. The predicted molar refractivity (Wildman–Crippen MR) is 114 cm³/mol. The summed E-state index contributed by atoms with van der Waals surface area (Å²) in [5.41, 5.74) is 0.942. The molecule has 0 aliphatic carbocycles. The molecule has 0 amide bonds. The molecule has 0 spiro atoms. The monoisotopic (exact) mass is 451 g/mol. The normalized spacial score (nSPS) is 13.2. The van der Waals surface area contributed by atoms with E-state index < -0.39 is 25.1 Å². The van der Waals surface area contributed by atoms with Crippen molar-refractivity contribution in [3.8, 4) is 5.75 Å². The van der Waals surface area contributed by atoms with E-state index in [9.17, 15) is 16.8 Å². The molecule has 1 unspecified atom stereocenters. The Labute approximate surface area is 175 Å². The molecule has 3 rings (SSSR count). The van der Waals surface area contributed by atoms with Gasteiger partial charge in [-0.3, -0.25) is 0 Å². The highest BCUT2D eigenvalue weighted by atomic mass is 32.2. The average molecular weight is 452 g/mol. The van der Waals surface area contributed by atoms with Crippen molar-refractivity contribution in [3.63, 3.8) is 0 Å². The molecule has 1 N–H and O–H groups in total. The number of nitrogens with one attached hydrogen (secondary N) is 1. The van der Waals surface area contributed by atoms with Gasteiger partial charge >= 0.3 is 0 Å². The molecule has 0 radical (unpaired) electrons. The molecule has 1 heterocycles. The fraction of sp³-hybridized carbons (Fsp3) is 0.200. The molecule has 6 nitrogen and oxygen atoms in total. The minimum atomic E-state index is -3.89. The van der Waals surface area contributed by atoms with Crippen LogP contribution in [0.1, 0.15) is 15.7 Å². The van der Waals surface area contributed by atoms with Crippen LogP contribution in [0.5, 0.6) is 5.75 Å². The molecule has 3 aromatic rings. The van der Waals surface area contributed by atoms with Crippen molar-refractivity contribution in [1.82, 2.24) is 4.72 Å². The van der Waals surface area contributed by atoms with E-state index >= 15 is 0 Å². The first-order valence-corrected chi connectivity index (χ1v) is 12.6. The molecular formula is C20H21NO5S3. The van der Waals surface area contributed by atoms with Crippen LogP contribution in [0, 0.1) is 6.92 Å². The smallest absolute Gasteiger partial charge is 0.240 e.